The quantitative estimate of drug-likeness (QED) is 0.739. The molecule has 2 amide bonds. The van der Waals surface area contributed by atoms with Gasteiger partial charge in [0.2, 0.25) is 0 Å². The summed E-state index contributed by atoms with van der Waals surface area (Å²) < 4.78 is 6.59. The first-order valence-electron chi connectivity index (χ1n) is 7.13. The molecule has 1 heterocycles. The Morgan fingerprint density at radius 3 is 2.79 bits per heavy atom. The predicted octanol–water partition coefficient (Wildman–Crippen LogP) is 3.72. The molecule has 3 aromatic rings. The van der Waals surface area contributed by atoms with Crippen molar-refractivity contribution in [2.75, 3.05) is 11.9 Å². The van der Waals surface area contributed by atoms with E-state index in [0.29, 0.717) is 26.8 Å². The minimum absolute atomic E-state index is 0.244. The minimum atomic E-state index is -0.462. The van der Waals surface area contributed by atoms with Gasteiger partial charge in [-0.05, 0) is 30.3 Å². The summed E-state index contributed by atoms with van der Waals surface area (Å²) >= 11 is 11.8. The molecule has 0 aliphatic carbocycles. The van der Waals surface area contributed by atoms with Crippen molar-refractivity contribution in [3.05, 3.63) is 63.1 Å². The van der Waals surface area contributed by atoms with E-state index in [1.165, 1.54) is 4.57 Å². The number of fused-ring (bicyclic) bond motifs is 1. The number of halogens is 2. The van der Waals surface area contributed by atoms with Gasteiger partial charge in [0.1, 0.15) is 0 Å². The van der Waals surface area contributed by atoms with E-state index >= 15 is 0 Å². The highest BCUT2D eigenvalue weighted by atomic mass is 35.5. The summed E-state index contributed by atoms with van der Waals surface area (Å²) in [6.45, 7) is 0.528. The van der Waals surface area contributed by atoms with E-state index in [-0.39, 0.29) is 13.1 Å². The molecule has 0 aliphatic rings. The van der Waals surface area contributed by atoms with E-state index in [2.05, 4.69) is 10.6 Å². The van der Waals surface area contributed by atoms with Crippen molar-refractivity contribution in [1.82, 2.24) is 9.88 Å². The highest BCUT2D eigenvalue weighted by Gasteiger charge is 2.09. The van der Waals surface area contributed by atoms with E-state index in [1.807, 2.05) is 6.07 Å². The van der Waals surface area contributed by atoms with Gasteiger partial charge in [-0.1, -0.05) is 35.3 Å². The third-order valence-electron chi connectivity index (χ3n) is 3.37. The summed E-state index contributed by atoms with van der Waals surface area (Å²) in [6.07, 6.45) is 0. The normalized spacial score (nSPS) is 10.8. The Morgan fingerprint density at radius 1 is 1.17 bits per heavy atom. The third kappa shape index (κ3) is 3.55. The number of rotatable bonds is 4. The monoisotopic (exact) mass is 365 g/mol. The van der Waals surface area contributed by atoms with Gasteiger partial charge in [-0.3, -0.25) is 4.57 Å². The van der Waals surface area contributed by atoms with Crippen LogP contribution in [0.5, 0.6) is 0 Å². The molecule has 1 aromatic heterocycles. The Bertz CT molecular complexity index is 949. The molecule has 0 spiro atoms. The molecule has 8 heteroatoms. The number of aromatic nitrogens is 1. The molecule has 124 valence electrons. The van der Waals surface area contributed by atoms with Crippen LogP contribution in [-0.4, -0.2) is 17.1 Å². The maximum atomic E-state index is 11.9. The second-order valence-corrected chi connectivity index (χ2v) is 5.84. The van der Waals surface area contributed by atoms with Gasteiger partial charge in [0.25, 0.3) is 0 Å². The van der Waals surface area contributed by atoms with Crippen LogP contribution in [0.4, 0.5) is 10.5 Å². The molecule has 0 atom stereocenters. The molecule has 6 nitrogen and oxygen atoms in total. The van der Waals surface area contributed by atoms with Crippen molar-refractivity contribution in [2.45, 2.75) is 6.54 Å². The Kier molecular flexibility index (Phi) is 4.78. The molecule has 3 rings (SSSR count). The fraction of sp³-hybridized carbons (Fsp3) is 0.125. The lowest BCUT2D eigenvalue weighted by molar-refractivity contribution is 0.251. The van der Waals surface area contributed by atoms with Crippen LogP contribution >= 0.6 is 23.2 Å². The van der Waals surface area contributed by atoms with Gasteiger partial charge in [0.05, 0.1) is 16.2 Å². The summed E-state index contributed by atoms with van der Waals surface area (Å²) in [6, 6.07) is 11.4. The molecule has 24 heavy (non-hydrogen) atoms. The van der Waals surface area contributed by atoms with E-state index in [1.54, 1.807) is 36.4 Å². The van der Waals surface area contributed by atoms with E-state index in [0.717, 1.165) is 0 Å². The van der Waals surface area contributed by atoms with Gasteiger partial charge >= 0.3 is 11.8 Å². The maximum absolute atomic E-state index is 11.9. The third-order valence-corrected chi connectivity index (χ3v) is 3.94. The van der Waals surface area contributed by atoms with Crippen LogP contribution < -0.4 is 16.4 Å². The summed E-state index contributed by atoms with van der Waals surface area (Å²) in [4.78, 5) is 23.7. The van der Waals surface area contributed by atoms with Crippen LogP contribution in [0.15, 0.2) is 51.7 Å². The van der Waals surface area contributed by atoms with Crippen LogP contribution in [0.3, 0.4) is 0 Å². The van der Waals surface area contributed by atoms with Gasteiger partial charge in [0.15, 0.2) is 5.58 Å². The van der Waals surface area contributed by atoms with Crippen molar-refractivity contribution in [3.8, 4) is 0 Å². The molecular formula is C16H13Cl2N3O3. The molecule has 0 radical (unpaired) electrons. The Morgan fingerprint density at radius 2 is 1.96 bits per heavy atom. The number of carbonyl (C=O) groups is 1. The number of carbonyl (C=O) groups excluding carboxylic acids is 1. The smallest absolute Gasteiger partial charge is 0.408 e. The van der Waals surface area contributed by atoms with Crippen LogP contribution in [0.25, 0.3) is 11.1 Å². The second kappa shape index (κ2) is 6.98. The van der Waals surface area contributed by atoms with Crippen molar-refractivity contribution < 1.29 is 9.21 Å². The summed E-state index contributed by atoms with van der Waals surface area (Å²) in [5, 5.41) is 6.11. The lowest BCUT2D eigenvalue weighted by Gasteiger charge is -2.09. The molecule has 0 saturated heterocycles. The summed E-state index contributed by atoms with van der Waals surface area (Å²) in [5.41, 5.74) is 1.60. The lowest BCUT2D eigenvalue weighted by Crippen LogP contribution is -2.33. The Labute approximate surface area is 147 Å². The molecule has 0 saturated carbocycles. The van der Waals surface area contributed by atoms with Gasteiger partial charge < -0.3 is 15.1 Å². The van der Waals surface area contributed by atoms with Crippen LogP contribution in [-0.2, 0) is 6.54 Å². The van der Waals surface area contributed by atoms with Gasteiger partial charge in [-0.25, -0.2) is 9.59 Å². The fourth-order valence-corrected chi connectivity index (χ4v) is 2.60. The number of nitrogens with one attached hydrogen (secondary N) is 2. The number of urea groups is 1. The number of amides is 2. The summed E-state index contributed by atoms with van der Waals surface area (Å²) in [5.74, 6) is -0.462. The van der Waals surface area contributed by atoms with Crippen LogP contribution in [0.1, 0.15) is 0 Å². The van der Waals surface area contributed by atoms with Crippen molar-refractivity contribution in [2.24, 2.45) is 0 Å². The zero-order valence-electron chi connectivity index (χ0n) is 12.4. The maximum Gasteiger partial charge on any atom is 0.420 e. The number of benzene rings is 2. The van der Waals surface area contributed by atoms with Crippen molar-refractivity contribution in [1.29, 1.82) is 0 Å². The minimum Gasteiger partial charge on any atom is -0.408 e. The summed E-state index contributed by atoms with van der Waals surface area (Å²) in [7, 11) is 0. The van der Waals surface area contributed by atoms with Crippen molar-refractivity contribution in [3.63, 3.8) is 0 Å². The Hall–Kier alpha value is -2.44. The number of oxazole rings is 1. The first-order chi connectivity index (χ1) is 11.5. The number of hydrogen-bond acceptors (Lipinski definition) is 3. The first-order valence-corrected chi connectivity index (χ1v) is 7.88. The highest BCUT2D eigenvalue weighted by molar-refractivity contribution is 6.35. The molecule has 2 aromatic carbocycles. The molecule has 0 fully saturated rings. The second-order valence-electron chi connectivity index (χ2n) is 4.99. The average Bonchev–Trinajstić information content (AvgIpc) is 2.87. The van der Waals surface area contributed by atoms with Crippen LogP contribution in [0.2, 0.25) is 10.0 Å². The van der Waals surface area contributed by atoms with Crippen LogP contribution in [0, 0.1) is 0 Å². The van der Waals surface area contributed by atoms with E-state index in [9.17, 15) is 9.59 Å². The molecule has 0 bridgehead atoms. The fourth-order valence-electron chi connectivity index (χ4n) is 2.27. The zero-order valence-corrected chi connectivity index (χ0v) is 13.9. The van der Waals surface area contributed by atoms with Gasteiger partial charge in [0, 0.05) is 18.1 Å². The SMILES string of the molecule is O=C(NCCn1c(=O)oc2ccccc21)Nc1cc(Cl)ccc1Cl. The standard InChI is InChI=1S/C16H13Cl2N3O3/c17-10-5-6-11(18)12(9-10)20-15(22)19-7-8-21-13-3-1-2-4-14(13)24-16(21)23/h1-6,9H,7-8H2,(H2,19,20,22). The average molecular weight is 366 g/mol. The highest BCUT2D eigenvalue weighted by Crippen LogP contribution is 2.25. The first kappa shape index (κ1) is 16.4. The molecular weight excluding hydrogens is 353 g/mol. The van der Waals surface area contributed by atoms with Gasteiger partial charge in [-0.2, -0.15) is 0 Å². The lowest BCUT2D eigenvalue weighted by atomic mass is 10.3. The number of nitrogens with zero attached hydrogens (tertiary/aromatic N) is 1. The molecule has 0 unspecified atom stereocenters. The van der Waals surface area contributed by atoms with E-state index < -0.39 is 11.8 Å². The topological polar surface area (TPSA) is 76.3 Å². The number of para-hydroxylation sites is 2. The molecule has 2 N–H and O–H groups in total. The molecule has 0 aliphatic heterocycles. The van der Waals surface area contributed by atoms with Gasteiger partial charge in [-0.15, -0.1) is 0 Å². The van der Waals surface area contributed by atoms with Crippen molar-refractivity contribution >= 4 is 46.0 Å². The zero-order chi connectivity index (χ0) is 17.1. The van der Waals surface area contributed by atoms with E-state index in [4.69, 9.17) is 27.6 Å². The number of anilines is 1. The predicted molar refractivity (Wildman–Crippen MR) is 94.0 cm³/mol. The largest absolute Gasteiger partial charge is 0.420 e. The Balaban J connectivity index is 1.61. The number of hydrogen-bond donors (Lipinski definition) is 2.